The van der Waals surface area contributed by atoms with Crippen LogP contribution < -0.4 is 5.30 Å². The van der Waals surface area contributed by atoms with Crippen LogP contribution in [0, 0.1) is 0 Å². The molecule has 0 aromatic carbocycles. The summed E-state index contributed by atoms with van der Waals surface area (Å²) in [5, 5.41) is 0.911. The van der Waals surface area contributed by atoms with Gasteiger partial charge in [-0.1, -0.05) is 13.8 Å². The van der Waals surface area contributed by atoms with Crippen molar-refractivity contribution in [3.63, 3.8) is 0 Å². The highest BCUT2D eigenvalue weighted by molar-refractivity contribution is 7.70. The van der Waals surface area contributed by atoms with Crippen molar-refractivity contribution < 1.29 is 4.57 Å². The lowest BCUT2D eigenvalue weighted by atomic mass is 10.1. The molecular formula is C11H15N2OPS. The van der Waals surface area contributed by atoms with Gasteiger partial charge in [0.1, 0.15) is 17.5 Å². The van der Waals surface area contributed by atoms with E-state index in [1.165, 1.54) is 11.3 Å². The van der Waals surface area contributed by atoms with Crippen LogP contribution in [-0.4, -0.2) is 23.3 Å². The molecule has 0 bridgehead atoms. The van der Waals surface area contributed by atoms with E-state index in [0.29, 0.717) is 5.92 Å². The van der Waals surface area contributed by atoms with Gasteiger partial charge < -0.3 is 4.57 Å². The second kappa shape index (κ2) is 3.94. The van der Waals surface area contributed by atoms with Crippen molar-refractivity contribution in [1.82, 2.24) is 9.97 Å². The average Bonchev–Trinajstić information content (AvgIpc) is 2.61. The summed E-state index contributed by atoms with van der Waals surface area (Å²) >= 11 is 1.49. The van der Waals surface area contributed by atoms with Gasteiger partial charge in [-0.25, -0.2) is 9.97 Å². The van der Waals surface area contributed by atoms with E-state index in [4.69, 9.17) is 0 Å². The fraction of sp³-hybridized carbons (Fsp3) is 0.455. The van der Waals surface area contributed by atoms with E-state index in [2.05, 4.69) is 23.8 Å². The van der Waals surface area contributed by atoms with Crippen LogP contribution >= 0.6 is 18.5 Å². The average molecular weight is 254 g/mol. The number of hydrogen-bond acceptors (Lipinski definition) is 4. The smallest absolute Gasteiger partial charge is 0.143 e. The van der Waals surface area contributed by atoms with Crippen molar-refractivity contribution in [3.8, 4) is 0 Å². The number of hydrogen-bond donors (Lipinski definition) is 0. The Kier molecular flexibility index (Phi) is 2.89. The van der Waals surface area contributed by atoms with Gasteiger partial charge in [-0.05, 0) is 24.8 Å². The fourth-order valence-corrected chi connectivity index (χ4v) is 4.13. The lowest BCUT2D eigenvalue weighted by molar-refractivity contribution is 0.588. The van der Waals surface area contributed by atoms with Crippen molar-refractivity contribution in [2.24, 2.45) is 0 Å². The molecule has 0 saturated carbocycles. The molecule has 0 radical (unpaired) electrons. The van der Waals surface area contributed by atoms with Crippen LogP contribution in [0.1, 0.15) is 25.3 Å². The molecule has 2 aromatic heterocycles. The normalized spacial score (nSPS) is 12.6. The van der Waals surface area contributed by atoms with Gasteiger partial charge in [-0.2, -0.15) is 0 Å². The molecule has 0 fully saturated rings. The lowest BCUT2D eigenvalue weighted by Gasteiger charge is -2.15. The van der Waals surface area contributed by atoms with Crippen molar-refractivity contribution in [2.75, 3.05) is 13.3 Å². The minimum atomic E-state index is -2.32. The SMILES string of the molecule is CC(C)c1cnc2scnc2c1P(C)(C)=O. The molecule has 0 saturated heterocycles. The highest BCUT2D eigenvalue weighted by atomic mass is 32.1. The first kappa shape index (κ1) is 11.7. The maximum absolute atomic E-state index is 12.4. The zero-order chi connectivity index (χ0) is 11.9. The van der Waals surface area contributed by atoms with E-state index in [1.807, 2.05) is 6.20 Å². The first-order chi connectivity index (χ1) is 7.41. The van der Waals surface area contributed by atoms with E-state index in [-0.39, 0.29) is 0 Å². The molecule has 16 heavy (non-hydrogen) atoms. The number of fused-ring (bicyclic) bond motifs is 1. The second-order valence-electron chi connectivity index (χ2n) is 4.57. The third-order valence-electron chi connectivity index (χ3n) is 2.53. The topological polar surface area (TPSA) is 42.9 Å². The Hall–Kier alpha value is -0.730. The molecule has 0 atom stereocenters. The van der Waals surface area contributed by atoms with E-state index in [9.17, 15) is 4.57 Å². The number of thiazole rings is 1. The Morgan fingerprint density at radius 1 is 1.31 bits per heavy atom. The maximum Gasteiger partial charge on any atom is 0.143 e. The largest absolute Gasteiger partial charge is 0.319 e. The van der Waals surface area contributed by atoms with Crippen molar-refractivity contribution in [2.45, 2.75) is 19.8 Å². The molecule has 0 spiro atoms. The van der Waals surface area contributed by atoms with Crippen molar-refractivity contribution in [1.29, 1.82) is 0 Å². The third kappa shape index (κ3) is 1.92. The molecule has 86 valence electrons. The van der Waals surface area contributed by atoms with E-state index in [0.717, 1.165) is 21.2 Å². The highest BCUT2D eigenvalue weighted by Crippen LogP contribution is 2.40. The zero-order valence-corrected chi connectivity index (χ0v) is 11.6. The number of pyridine rings is 1. The molecule has 2 aromatic rings. The zero-order valence-electron chi connectivity index (χ0n) is 9.89. The highest BCUT2D eigenvalue weighted by Gasteiger charge is 2.23. The van der Waals surface area contributed by atoms with E-state index in [1.54, 1.807) is 18.8 Å². The summed E-state index contributed by atoms with van der Waals surface area (Å²) in [7, 11) is -2.32. The molecule has 2 rings (SSSR count). The second-order valence-corrected chi connectivity index (χ2v) is 8.56. The van der Waals surface area contributed by atoms with Crippen LogP contribution in [0.25, 0.3) is 10.3 Å². The minimum absolute atomic E-state index is 0.321. The Morgan fingerprint density at radius 2 is 2.00 bits per heavy atom. The summed E-state index contributed by atoms with van der Waals surface area (Å²) in [6.45, 7) is 7.78. The predicted molar refractivity (Wildman–Crippen MR) is 70.6 cm³/mol. The minimum Gasteiger partial charge on any atom is -0.319 e. The fourth-order valence-electron chi connectivity index (χ4n) is 1.81. The van der Waals surface area contributed by atoms with Gasteiger partial charge in [0, 0.05) is 11.5 Å². The molecule has 5 heteroatoms. The Balaban J connectivity index is 2.87. The van der Waals surface area contributed by atoms with Gasteiger partial charge in [-0.3, -0.25) is 0 Å². The van der Waals surface area contributed by atoms with E-state index >= 15 is 0 Å². The van der Waals surface area contributed by atoms with E-state index < -0.39 is 7.14 Å². The Morgan fingerprint density at radius 3 is 2.56 bits per heavy atom. The molecular weight excluding hydrogens is 239 g/mol. The monoisotopic (exact) mass is 254 g/mol. The summed E-state index contributed by atoms with van der Waals surface area (Å²) in [4.78, 5) is 9.56. The quantitative estimate of drug-likeness (QED) is 0.773. The lowest BCUT2D eigenvalue weighted by Crippen LogP contribution is -2.14. The standard InChI is InChI=1S/C11H15N2OPS/c1-7(2)8-5-12-11-9(13-6-16-11)10(8)15(3,4)14/h5-7H,1-4H3. The maximum atomic E-state index is 12.4. The molecule has 0 aliphatic heterocycles. The van der Waals surface area contributed by atoms with Gasteiger partial charge >= 0.3 is 0 Å². The van der Waals surface area contributed by atoms with Gasteiger partial charge in [0.2, 0.25) is 0 Å². The van der Waals surface area contributed by atoms with Crippen LogP contribution in [0.5, 0.6) is 0 Å². The van der Waals surface area contributed by atoms with Crippen LogP contribution in [0.4, 0.5) is 0 Å². The molecule has 2 heterocycles. The Labute approximate surface area is 99.3 Å². The summed E-state index contributed by atoms with van der Waals surface area (Å²) in [6, 6.07) is 0. The number of nitrogens with zero attached hydrogens (tertiary/aromatic N) is 2. The van der Waals surface area contributed by atoms with Crippen molar-refractivity contribution in [3.05, 3.63) is 17.3 Å². The van der Waals surface area contributed by atoms with Crippen LogP contribution in [0.15, 0.2) is 11.7 Å². The molecule has 3 nitrogen and oxygen atoms in total. The first-order valence-electron chi connectivity index (χ1n) is 5.19. The van der Waals surface area contributed by atoms with Crippen LogP contribution in [0.2, 0.25) is 0 Å². The summed E-state index contributed by atoms with van der Waals surface area (Å²) in [5.74, 6) is 0.321. The Bertz CT molecular complexity index is 570. The van der Waals surface area contributed by atoms with Crippen molar-refractivity contribution >= 4 is 34.1 Å². The summed E-state index contributed by atoms with van der Waals surface area (Å²) in [5.41, 5.74) is 3.65. The third-order valence-corrected chi connectivity index (χ3v) is 4.81. The molecule has 0 amide bonds. The van der Waals surface area contributed by atoms with Gasteiger partial charge in [0.05, 0.1) is 5.51 Å². The van der Waals surface area contributed by atoms with Gasteiger partial charge in [0.15, 0.2) is 0 Å². The van der Waals surface area contributed by atoms with Crippen LogP contribution in [0.3, 0.4) is 0 Å². The molecule has 0 N–H and O–H groups in total. The summed E-state index contributed by atoms with van der Waals surface area (Å²) < 4.78 is 12.4. The van der Waals surface area contributed by atoms with Gasteiger partial charge in [-0.15, -0.1) is 11.3 Å². The predicted octanol–water partition coefficient (Wildman–Crippen LogP) is 3.06. The van der Waals surface area contributed by atoms with Gasteiger partial charge in [0.25, 0.3) is 0 Å². The molecule has 0 unspecified atom stereocenters. The summed E-state index contributed by atoms with van der Waals surface area (Å²) in [6.07, 6.45) is 1.85. The number of rotatable bonds is 2. The first-order valence-corrected chi connectivity index (χ1v) is 8.67. The molecule has 0 aliphatic carbocycles. The van der Waals surface area contributed by atoms with Crippen LogP contribution in [-0.2, 0) is 4.57 Å². The number of aromatic nitrogens is 2. The molecule has 0 aliphatic rings.